The summed E-state index contributed by atoms with van der Waals surface area (Å²) in [5.74, 6) is -0.124. The Labute approximate surface area is 161 Å². The van der Waals surface area contributed by atoms with Crippen LogP contribution >= 0.6 is 23.1 Å². The summed E-state index contributed by atoms with van der Waals surface area (Å²) < 4.78 is 27.1. The fraction of sp³-hybridized carbons (Fsp3) is 0.105. The molecule has 0 saturated carbocycles. The summed E-state index contributed by atoms with van der Waals surface area (Å²) in [4.78, 5) is 0.913. The maximum Gasteiger partial charge on any atom is 0.208 e. The first-order valence-electron chi connectivity index (χ1n) is 7.78. The minimum absolute atomic E-state index is 0.124. The fourth-order valence-electron chi connectivity index (χ4n) is 2.64. The molecule has 0 radical (unpaired) electrons. The summed E-state index contributed by atoms with van der Waals surface area (Å²) in [6, 6.07) is 16.4. The van der Waals surface area contributed by atoms with Gasteiger partial charge < -0.3 is 5.73 Å². The van der Waals surface area contributed by atoms with E-state index in [4.69, 9.17) is 11.1 Å². The smallest absolute Gasteiger partial charge is 0.208 e. The highest BCUT2D eigenvalue weighted by molar-refractivity contribution is 8.01. The standard InChI is InChI=1S/C19H18N2O2S3/c1-12-8-9-14(10-15(12)13-6-4-3-5-7-13)26(22,23)17-11-16(18(20)21)25-19(17)24-2/h3-11H,1-2H3,(H3,20,21). The molecule has 3 N–H and O–H groups in total. The van der Waals surface area contributed by atoms with Crippen LogP contribution in [0.5, 0.6) is 0 Å². The van der Waals surface area contributed by atoms with E-state index in [1.165, 1.54) is 29.2 Å². The second kappa shape index (κ2) is 7.26. The Bertz CT molecular complexity index is 1070. The van der Waals surface area contributed by atoms with Crippen molar-refractivity contribution in [2.45, 2.75) is 20.9 Å². The Morgan fingerprint density at radius 2 is 1.81 bits per heavy atom. The van der Waals surface area contributed by atoms with E-state index in [-0.39, 0.29) is 15.6 Å². The van der Waals surface area contributed by atoms with Gasteiger partial charge in [0.1, 0.15) is 5.84 Å². The molecule has 0 fully saturated rings. The molecule has 0 saturated heterocycles. The lowest BCUT2D eigenvalue weighted by atomic mass is 10.0. The van der Waals surface area contributed by atoms with Gasteiger partial charge in [-0.25, -0.2) is 8.42 Å². The number of hydrogen-bond donors (Lipinski definition) is 2. The molecule has 0 aliphatic rings. The van der Waals surface area contributed by atoms with Crippen molar-refractivity contribution in [1.82, 2.24) is 0 Å². The highest BCUT2D eigenvalue weighted by Crippen LogP contribution is 2.38. The summed E-state index contributed by atoms with van der Waals surface area (Å²) in [5.41, 5.74) is 8.41. The second-order valence-electron chi connectivity index (χ2n) is 5.73. The molecular weight excluding hydrogens is 384 g/mol. The van der Waals surface area contributed by atoms with Crippen molar-refractivity contribution in [3.05, 3.63) is 65.0 Å². The third kappa shape index (κ3) is 3.42. The normalized spacial score (nSPS) is 11.5. The minimum atomic E-state index is -3.70. The van der Waals surface area contributed by atoms with Crippen molar-refractivity contribution in [3.63, 3.8) is 0 Å². The number of benzene rings is 2. The number of hydrogen-bond acceptors (Lipinski definition) is 5. The summed E-state index contributed by atoms with van der Waals surface area (Å²) in [6.07, 6.45) is 1.82. The molecule has 0 amide bonds. The van der Waals surface area contributed by atoms with Gasteiger partial charge in [-0.05, 0) is 48.1 Å². The van der Waals surface area contributed by atoms with Crippen LogP contribution in [-0.4, -0.2) is 20.5 Å². The van der Waals surface area contributed by atoms with Gasteiger partial charge in [-0.2, -0.15) is 0 Å². The number of nitrogen functional groups attached to an aromatic ring is 1. The zero-order valence-electron chi connectivity index (χ0n) is 14.3. The molecule has 0 bridgehead atoms. The molecule has 0 atom stereocenters. The van der Waals surface area contributed by atoms with Gasteiger partial charge in [0.25, 0.3) is 0 Å². The molecule has 0 unspecified atom stereocenters. The number of aryl methyl sites for hydroxylation is 1. The summed E-state index contributed by atoms with van der Waals surface area (Å²) >= 11 is 2.57. The van der Waals surface area contributed by atoms with Gasteiger partial charge in [-0.1, -0.05) is 36.4 Å². The highest BCUT2D eigenvalue weighted by atomic mass is 32.2. The number of nitrogens with one attached hydrogen (secondary N) is 1. The molecule has 0 aliphatic carbocycles. The summed E-state index contributed by atoms with van der Waals surface area (Å²) in [5, 5.41) is 7.59. The molecule has 0 aliphatic heterocycles. The van der Waals surface area contributed by atoms with E-state index < -0.39 is 9.84 Å². The van der Waals surface area contributed by atoms with Crippen molar-refractivity contribution in [2.24, 2.45) is 5.73 Å². The Morgan fingerprint density at radius 1 is 1.12 bits per heavy atom. The van der Waals surface area contributed by atoms with Crippen LogP contribution in [0.15, 0.2) is 68.6 Å². The Morgan fingerprint density at radius 3 is 2.42 bits per heavy atom. The number of sulfone groups is 1. The van der Waals surface area contributed by atoms with Crippen LogP contribution in [0, 0.1) is 12.3 Å². The maximum atomic E-state index is 13.2. The molecule has 1 heterocycles. The quantitative estimate of drug-likeness (QED) is 0.372. The molecule has 26 heavy (non-hydrogen) atoms. The van der Waals surface area contributed by atoms with Crippen LogP contribution in [0.3, 0.4) is 0 Å². The van der Waals surface area contributed by atoms with Gasteiger partial charge in [0, 0.05) is 0 Å². The first-order valence-corrected chi connectivity index (χ1v) is 11.3. The fourth-order valence-corrected chi connectivity index (χ4v) is 6.53. The molecule has 3 aromatic rings. The van der Waals surface area contributed by atoms with E-state index >= 15 is 0 Å². The van der Waals surface area contributed by atoms with Crippen LogP contribution in [0.2, 0.25) is 0 Å². The second-order valence-corrected chi connectivity index (χ2v) is 9.77. The first kappa shape index (κ1) is 18.7. The Balaban J connectivity index is 2.16. The molecule has 2 aromatic carbocycles. The van der Waals surface area contributed by atoms with Gasteiger partial charge in [0.2, 0.25) is 9.84 Å². The average molecular weight is 403 g/mol. The number of rotatable bonds is 5. The van der Waals surface area contributed by atoms with E-state index in [0.29, 0.717) is 9.09 Å². The van der Waals surface area contributed by atoms with Gasteiger partial charge in [-0.15, -0.1) is 23.1 Å². The monoisotopic (exact) mass is 402 g/mol. The van der Waals surface area contributed by atoms with E-state index in [0.717, 1.165) is 16.7 Å². The Hall–Kier alpha value is -2.09. The van der Waals surface area contributed by atoms with Gasteiger partial charge in [-0.3, -0.25) is 5.41 Å². The SMILES string of the molecule is CSc1sc(C(=N)N)cc1S(=O)(=O)c1ccc(C)c(-c2ccccc2)c1. The summed E-state index contributed by atoms with van der Waals surface area (Å²) in [7, 11) is -3.70. The number of thiophene rings is 1. The number of nitrogens with two attached hydrogens (primary N) is 1. The first-order chi connectivity index (χ1) is 12.3. The maximum absolute atomic E-state index is 13.2. The average Bonchev–Trinajstić information content (AvgIpc) is 3.08. The molecule has 0 spiro atoms. The van der Waals surface area contributed by atoms with Crippen LogP contribution in [0.25, 0.3) is 11.1 Å². The predicted molar refractivity (Wildman–Crippen MR) is 109 cm³/mol. The van der Waals surface area contributed by atoms with Crippen molar-refractivity contribution >= 4 is 38.8 Å². The zero-order chi connectivity index (χ0) is 18.9. The molecular formula is C19H18N2O2S3. The van der Waals surface area contributed by atoms with Crippen LogP contribution in [0.1, 0.15) is 10.4 Å². The number of amidine groups is 1. The molecule has 134 valence electrons. The van der Waals surface area contributed by atoms with E-state index in [9.17, 15) is 8.42 Å². The van der Waals surface area contributed by atoms with E-state index in [2.05, 4.69) is 0 Å². The molecule has 3 rings (SSSR count). The lowest BCUT2D eigenvalue weighted by Crippen LogP contribution is -2.09. The third-order valence-corrected chi connectivity index (χ3v) is 8.35. The largest absolute Gasteiger partial charge is 0.383 e. The van der Waals surface area contributed by atoms with Gasteiger partial charge in [0.05, 0.1) is 18.9 Å². The number of thioether (sulfide) groups is 1. The van der Waals surface area contributed by atoms with Crippen molar-refractivity contribution in [2.75, 3.05) is 6.26 Å². The van der Waals surface area contributed by atoms with Crippen LogP contribution in [0.4, 0.5) is 0 Å². The van der Waals surface area contributed by atoms with Crippen molar-refractivity contribution in [1.29, 1.82) is 5.41 Å². The van der Waals surface area contributed by atoms with Gasteiger partial charge in [0.15, 0.2) is 0 Å². The molecule has 4 nitrogen and oxygen atoms in total. The molecule has 1 aromatic heterocycles. The van der Waals surface area contributed by atoms with E-state index in [1.54, 1.807) is 12.1 Å². The zero-order valence-corrected chi connectivity index (χ0v) is 16.8. The van der Waals surface area contributed by atoms with Crippen LogP contribution in [-0.2, 0) is 9.84 Å². The highest BCUT2D eigenvalue weighted by Gasteiger charge is 2.25. The lowest BCUT2D eigenvalue weighted by molar-refractivity contribution is 0.595. The van der Waals surface area contributed by atoms with Crippen molar-refractivity contribution < 1.29 is 8.42 Å². The Kier molecular flexibility index (Phi) is 5.22. The lowest BCUT2D eigenvalue weighted by Gasteiger charge is -2.10. The van der Waals surface area contributed by atoms with Crippen LogP contribution < -0.4 is 5.73 Å². The van der Waals surface area contributed by atoms with Gasteiger partial charge >= 0.3 is 0 Å². The van der Waals surface area contributed by atoms with Crippen molar-refractivity contribution in [3.8, 4) is 11.1 Å². The topological polar surface area (TPSA) is 84.0 Å². The third-order valence-electron chi connectivity index (χ3n) is 4.01. The molecule has 7 heteroatoms. The minimum Gasteiger partial charge on any atom is -0.383 e. The predicted octanol–water partition coefficient (Wildman–Crippen LogP) is 4.56. The summed E-state index contributed by atoms with van der Waals surface area (Å²) in [6.45, 7) is 1.96. The van der Waals surface area contributed by atoms with E-state index in [1.807, 2.05) is 49.6 Å².